The van der Waals surface area contributed by atoms with Gasteiger partial charge in [0.25, 0.3) is 5.91 Å². The smallest absolute Gasteiger partial charge is 0.343 e. The average Bonchev–Trinajstić information content (AvgIpc) is 3.31. The van der Waals surface area contributed by atoms with Gasteiger partial charge >= 0.3 is 5.97 Å². The molecular weight excluding hydrogens is 598 g/mol. The van der Waals surface area contributed by atoms with E-state index in [1.165, 1.54) is 6.21 Å². The molecule has 0 saturated carbocycles. The minimum absolute atomic E-state index is 0.310. The molecule has 0 aliphatic heterocycles. The Kier molecular flexibility index (Phi) is 7.30. The van der Waals surface area contributed by atoms with Gasteiger partial charge in [0.2, 0.25) is 0 Å². The van der Waals surface area contributed by atoms with E-state index in [-0.39, 0.29) is 0 Å². The number of hydrogen-bond acceptors (Lipinski definition) is 4. The van der Waals surface area contributed by atoms with E-state index in [1.807, 2.05) is 54.6 Å². The molecule has 2 N–H and O–H groups in total. The summed E-state index contributed by atoms with van der Waals surface area (Å²) in [5.41, 5.74) is 6.50. The van der Waals surface area contributed by atoms with Crippen LogP contribution >= 0.6 is 31.9 Å². The van der Waals surface area contributed by atoms with E-state index in [0.717, 1.165) is 31.0 Å². The Balaban J connectivity index is 1.39. The number of nitrogens with one attached hydrogen (secondary N) is 2. The van der Waals surface area contributed by atoms with Gasteiger partial charge in [-0.2, -0.15) is 5.10 Å². The second-order valence-corrected chi connectivity index (χ2v) is 9.90. The van der Waals surface area contributed by atoms with Crippen molar-refractivity contribution in [1.29, 1.82) is 0 Å². The fraction of sp³-hybridized carbons (Fsp3) is 0. The summed E-state index contributed by atoms with van der Waals surface area (Å²) in [7, 11) is 0. The van der Waals surface area contributed by atoms with E-state index in [2.05, 4.69) is 47.4 Å². The van der Waals surface area contributed by atoms with Gasteiger partial charge in [0, 0.05) is 31.0 Å². The number of H-pyrrole nitrogens is 1. The molecule has 0 aliphatic carbocycles. The first-order valence-corrected chi connectivity index (χ1v) is 12.8. The van der Waals surface area contributed by atoms with Crippen LogP contribution in [0.3, 0.4) is 0 Å². The molecule has 5 aromatic rings. The van der Waals surface area contributed by atoms with E-state index >= 15 is 0 Å². The zero-order valence-corrected chi connectivity index (χ0v) is 22.4. The number of aromatic amines is 1. The minimum Gasteiger partial charge on any atom is -0.422 e. The summed E-state index contributed by atoms with van der Waals surface area (Å²) >= 11 is 6.78. The van der Waals surface area contributed by atoms with Crippen molar-refractivity contribution in [2.45, 2.75) is 0 Å². The molecule has 1 aromatic heterocycles. The third kappa shape index (κ3) is 5.55. The molecule has 0 fully saturated rings. The highest BCUT2D eigenvalue weighted by Gasteiger charge is 2.19. The predicted molar refractivity (Wildman–Crippen MR) is 152 cm³/mol. The van der Waals surface area contributed by atoms with Crippen LogP contribution in [0, 0.1) is 0 Å². The number of amides is 1. The molecule has 4 aromatic carbocycles. The van der Waals surface area contributed by atoms with Crippen LogP contribution in [0.1, 0.15) is 26.4 Å². The Morgan fingerprint density at radius 2 is 1.54 bits per heavy atom. The van der Waals surface area contributed by atoms with Crippen molar-refractivity contribution in [1.82, 2.24) is 10.4 Å². The molecular formula is C29H19Br2N3O3. The van der Waals surface area contributed by atoms with Crippen LogP contribution in [0.5, 0.6) is 5.75 Å². The first-order chi connectivity index (χ1) is 18.0. The molecule has 6 nitrogen and oxygen atoms in total. The van der Waals surface area contributed by atoms with Crippen molar-refractivity contribution >= 4 is 60.9 Å². The second-order valence-electron chi connectivity index (χ2n) is 8.06. The van der Waals surface area contributed by atoms with Gasteiger partial charge in [-0.05, 0) is 54.1 Å². The maximum absolute atomic E-state index is 13.2. The lowest BCUT2D eigenvalue weighted by Gasteiger charge is -2.08. The van der Waals surface area contributed by atoms with Crippen molar-refractivity contribution in [3.05, 3.63) is 123 Å². The van der Waals surface area contributed by atoms with Gasteiger partial charge < -0.3 is 9.72 Å². The number of nitrogens with zero attached hydrogens (tertiary/aromatic N) is 1. The number of fused-ring (bicyclic) bond motifs is 1. The number of aromatic nitrogens is 1. The number of esters is 1. The normalized spacial score (nSPS) is 11.1. The summed E-state index contributed by atoms with van der Waals surface area (Å²) in [4.78, 5) is 29.0. The molecule has 0 spiro atoms. The molecule has 5 rings (SSSR count). The number of carbonyl (C=O) groups is 2. The largest absolute Gasteiger partial charge is 0.422 e. The van der Waals surface area contributed by atoms with Gasteiger partial charge in [-0.3, -0.25) is 4.79 Å². The summed E-state index contributed by atoms with van der Waals surface area (Å²) in [5.74, 6) is -0.585. The SMILES string of the molecule is O=C(Oc1ccc(Br)cc1C=NNC(=O)c1[nH]c2ccccc2c1-c1ccccc1)c1ccc(Br)cc1. The fourth-order valence-corrected chi connectivity index (χ4v) is 4.53. The number of halogens is 2. The van der Waals surface area contributed by atoms with Gasteiger partial charge in [-0.15, -0.1) is 0 Å². The maximum atomic E-state index is 13.2. The summed E-state index contributed by atoms with van der Waals surface area (Å²) < 4.78 is 7.23. The minimum atomic E-state index is -0.501. The Morgan fingerprint density at radius 3 is 2.32 bits per heavy atom. The van der Waals surface area contributed by atoms with Crippen LogP contribution in [0.2, 0.25) is 0 Å². The predicted octanol–water partition coefficient (Wildman–Crippen LogP) is 7.34. The highest BCUT2D eigenvalue weighted by Crippen LogP contribution is 2.32. The first-order valence-electron chi connectivity index (χ1n) is 11.3. The summed E-state index contributed by atoms with van der Waals surface area (Å²) in [6, 6.07) is 29.5. The zero-order valence-electron chi connectivity index (χ0n) is 19.2. The topological polar surface area (TPSA) is 83.5 Å². The molecule has 8 heteroatoms. The Labute approximate surface area is 229 Å². The van der Waals surface area contributed by atoms with Crippen LogP contribution in [-0.2, 0) is 0 Å². The van der Waals surface area contributed by atoms with E-state index in [4.69, 9.17) is 4.74 Å². The standard InChI is InChI=1S/C29H19Br2N3O3/c30-21-12-10-19(11-13-21)29(36)37-25-15-14-22(31)16-20(25)17-32-34-28(35)27-26(18-6-2-1-3-7-18)23-8-4-5-9-24(23)33-27/h1-17,33H,(H,34,35). The van der Waals surface area contributed by atoms with Crippen LogP contribution in [0.25, 0.3) is 22.0 Å². The van der Waals surface area contributed by atoms with Crippen molar-refractivity contribution in [3.8, 4) is 16.9 Å². The summed E-state index contributed by atoms with van der Waals surface area (Å²) in [6.45, 7) is 0. The number of benzene rings is 4. The lowest BCUT2D eigenvalue weighted by atomic mass is 10.0. The van der Waals surface area contributed by atoms with E-state index < -0.39 is 11.9 Å². The van der Waals surface area contributed by atoms with Gasteiger partial charge in [-0.1, -0.05) is 80.4 Å². The molecule has 0 saturated heterocycles. The zero-order chi connectivity index (χ0) is 25.8. The van der Waals surface area contributed by atoms with Gasteiger partial charge in [0.15, 0.2) is 0 Å². The molecule has 0 atom stereocenters. The Hall–Kier alpha value is -4.01. The maximum Gasteiger partial charge on any atom is 0.343 e. The number of para-hydroxylation sites is 1. The van der Waals surface area contributed by atoms with Crippen LogP contribution in [0.4, 0.5) is 0 Å². The molecule has 0 aliphatic rings. The molecule has 182 valence electrons. The van der Waals surface area contributed by atoms with Gasteiger partial charge in [0.1, 0.15) is 11.4 Å². The second kappa shape index (κ2) is 10.9. The van der Waals surface area contributed by atoms with Crippen molar-refractivity contribution in [2.75, 3.05) is 0 Å². The van der Waals surface area contributed by atoms with Crippen molar-refractivity contribution in [3.63, 3.8) is 0 Å². The Bertz CT molecular complexity index is 1630. The number of carbonyl (C=O) groups excluding carboxylic acids is 2. The van der Waals surface area contributed by atoms with Crippen LogP contribution in [-0.4, -0.2) is 23.1 Å². The third-order valence-corrected chi connectivity index (χ3v) is 6.64. The summed E-state index contributed by atoms with van der Waals surface area (Å²) in [5, 5.41) is 5.10. The van der Waals surface area contributed by atoms with Crippen molar-refractivity contribution in [2.24, 2.45) is 5.10 Å². The van der Waals surface area contributed by atoms with Gasteiger partial charge in [0.05, 0.1) is 11.8 Å². The highest BCUT2D eigenvalue weighted by atomic mass is 79.9. The van der Waals surface area contributed by atoms with Crippen LogP contribution in [0.15, 0.2) is 111 Å². The lowest BCUT2D eigenvalue weighted by Crippen LogP contribution is -2.19. The number of hydrogen-bond donors (Lipinski definition) is 2. The Morgan fingerprint density at radius 1 is 0.838 bits per heavy atom. The van der Waals surface area contributed by atoms with Gasteiger partial charge in [-0.25, -0.2) is 10.2 Å². The van der Waals surface area contributed by atoms with E-state index in [1.54, 1.807) is 42.5 Å². The molecule has 0 bridgehead atoms. The number of rotatable bonds is 6. The fourth-order valence-electron chi connectivity index (χ4n) is 3.89. The van der Waals surface area contributed by atoms with E-state index in [9.17, 15) is 9.59 Å². The highest BCUT2D eigenvalue weighted by molar-refractivity contribution is 9.10. The van der Waals surface area contributed by atoms with E-state index in [0.29, 0.717) is 22.6 Å². The number of ether oxygens (including phenoxy) is 1. The summed E-state index contributed by atoms with van der Waals surface area (Å²) in [6.07, 6.45) is 1.44. The first kappa shape index (κ1) is 24.7. The molecule has 37 heavy (non-hydrogen) atoms. The molecule has 1 heterocycles. The quantitative estimate of drug-likeness (QED) is 0.0906. The number of hydrazone groups is 1. The molecule has 0 unspecified atom stereocenters. The molecule has 0 radical (unpaired) electrons. The average molecular weight is 617 g/mol. The lowest BCUT2D eigenvalue weighted by molar-refractivity contribution is 0.0734. The third-order valence-electron chi connectivity index (χ3n) is 5.62. The van der Waals surface area contributed by atoms with Crippen LogP contribution < -0.4 is 10.2 Å². The monoisotopic (exact) mass is 615 g/mol. The van der Waals surface area contributed by atoms with Crippen molar-refractivity contribution < 1.29 is 14.3 Å². The molecule has 1 amide bonds.